The Labute approximate surface area is 362 Å². The number of likely N-dealkylation sites (tertiary alicyclic amines) is 1. The van der Waals surface area contributed by atoms with Crippen LogP contribution in [0.15, 0.2) is 71.5 Å². The fourth-order valence-corrected chi connectivity index (χ4v) is 8.66. The van der Waals surface area contributed by atoms with E-state index in [9.17, 15) is 32.3 Å². The van der Waals surface area contributed by atoms with Crippen molar-refractivity contribution in [3.63, 3.8) is 0 Å². The summed E-state index contributed by atoms with van der Waals surface area (Å²) >= 11 is 0. The van der Waals surface area contributed by atoms with E-state index in [0.717, 1.165) is 67.0 Å². The molecule has 2 atom stereocenters. The zero-order valence-corrected chi connectivity index (χ0v) is 35.0. The number of amides is 4. The Balaban J connectivity index is 0.774. The van der Waals surface area contributed by atoms with Gasteiger partial charge in [0.15, 0.2) is 0 Å². The Kier molecular flexibility index (Phi) is 13.2. The summed E-state index contributed by atoms with van der Waals surface area (Å²) < 4.78 is 64.0. The molecule has 0 aliphatic carbocycles. The smallest absolute Gasteiger partial charge is 0.416 e. The van der Waals surface area contributed by atoms with Crippen molar-refractivity contribution >= 4 is 35.4 Å². The number of morpholine rings is 1. The lowest BCUT2D eigenvalue weighted by Gasteiger charge is -2.45. The van der Waals surface area contributed by atoms with E-state index >= 15 is 0 Å². The van der Waals surface area contributed by atoms with E-state index in [0.29, 0.717) is 76.2 Å². The van der Waals surface area contributed by atoms with Gasteiger partial charge in [-0.2, -0.15) is 13.2 Å². The van der Waals surface area contributed by atoms with Crippen LogP contribution in [-0.4, -0.2) is 133 Å². The second-order valence-electron chi connectivity index (χ2n) is 16.3. The average Bonchev–Trinajstić information content (AvgIpc) is 3.61. The molecule has 4 amide bonds. The van der Waals surface area contributed by atoms with Crippen LogP contribution < -0.4 is 20.1 Å². The Morgan fingerprint density at radius 2 is 1.79 bits per heavy atom. The highest BCUT2D eigenvalue weighted by molar-refractivity contribution is 6.05. The van der Waals surface area contributed by atoms with Gasteiger partial charge in [0.1, 0.15) is 30.2 Å². The minimum absolute atomic E-state index is 0.00658. The molecule has 5 aliphatic rings. The van der Waals surface area contributed by atoms with E-state index in [4.69, 9.17) is 23.9 Å². The standard InChI is InChI=1S/C45H50F3N7O8/c1-29-37(25-44(28-50-29,54-16-19-60-20-17-54)52-41(57)30-3-2-4-33(23-30)45(46,47)48)31-5-10-40(49-26-31)63-34-11-13-53(14-12-34)15-18-61-21-22-62-35-6-7-36-32(24-35)27-55(43(36)59)38-8-9-39(56)51-42(38)58/h2-7,10,23-24,26,28,34,38H,8-9,11-22,25,27H2,1H3,(H,52,57)(H,51,56,58). The Bertz CT molecular complexity index is 2260. The number of fused-ring (bicyclic) bond motifs is 1. The number of aromatic nitrogens is 1. The first kappa shape index (κ1) is 43.9. The molecule has 2 N–H and O–H groups in total. The molecule has 334 valence electrons. The summed E-state index contributed by atoms with van der Waals surface area (Å²) in [4.78, 5) is 65.6. The zero-order chi connectivity index (χ0) is 44.1. The number of hydrogen-bond acceptors (Lipinski definition) is 12. The third kappa shape index (κ3) is 10.2. The highest BCUT2D eigenvalue weighted by atomic mass is 19.4. The molecule has 18 heteroatoms. The van der Waals surface area contributed by atoms with E-state index in [1.54, 1.807) is 24.5 Å². The minimum Gasteiger partial charge on any atom is -0.491 e. The molecule has 3 fully saturated rings. The summed E-state index contributed by atoms with van der Waals surface area (Å²) in [5.41, 5.74) is 1.60. The monoisotopic (exact) mass is 873 g/mol. The van der Waals surface area contributed by atoms with E-state index in [-0.39, 0.29) is 36.4 Å². The molecule has 63 heavy (non-hydrogen) atoms. The summed E-state index contributed by atoms with van der Waals surface area (Å²) in [5, 5.41) is 5.34. The van der Waals surface area contributed by atoms with Crippen LogP contribution in [0.2, 0.25) is 0 Å². The number of allylic oxidation sites excluding steroid dienone is 1. The lowest BCUT2D eigenvalue weighted by atomic mass is 9.90. The molecule has 8 rings (SSSR count). The van der Waals surface area contributed by atoms with E-state index < -0.39 is 35.3 Å². The molecule has 3 aromatic rings. The molecule has 15 nitrogen and oxygen atoms in total. The number of alkyl halides is 3. The average molecular weight is 874 g/mol. The van der Waals surface area contributed by atoms with Crippen LogP contribution in [0.25, 0.3) is 5.57 Å². The number of carbonyl (C=O) groups is 4. The number of nitrogens with one attached hydrogen (secondary N) is 2. The molecule has 5 aliphatic heterocycles. The molecule has 1 aromatic heterocycles. The van der Waals surface area contributed by atoms with Gasteiger partial charge >= 0.3 is 6.18 Å². The molecule has 0 saturated carbocycles. The van der Waals surface area contributed by atoms with Crippen LogP contribution in [0, 0.1) is 0 Å². The van der Waals surface area contributed by atoms with Crippen molar-refractivity contribution in [2.45, 2.75) is 69.6 Å². The second kappa shape index (κ2) is 19.0. The second-order valence-corrected chi connectivity index (χ2v) is 16.3. The van der Waals surface area contributed by atoms with E-state index in [2.05, 4.69) is 20.5 Å². The predicted octanol–water partition coefficient (Wildman–Crippen LogP) is 4.46. The van der Waals surface area contributed by atoms with Crippen LogP contribution in [0.4, 0.5) is 13.2 Å². The molecular weight excluding hydrogens is 824 g/mol. The van der Waals surface area contributed by atoms with Gasteiger partial charge in [-0.1, -0.05) is 6.07 Å². The van der Waals surface area contributed by atoms with Gasteiger partial charge in [0, 0.05) is 87.4 Å². The Hall–Kier alpha value is -5.69. The first-order valence-corrected chi connectivity index (χ1v) is 21.3. The van der Waals surface area contributed by atoms with Gasteiger partial charge in [0.05, 0.1) is 32.0 Å². The summed E-state index contributed by atoms with van der Waals surface area (Å²) in [6, 6.07) is 12.7. The summed E-state index contributed by atoms with van der Waals surface area (Å²) in [6.07, 6.45) is 1.29. The van der Waals surface area contributed by atoms with Crippen LogP contribution in [0.3, 0.4) is 0 Å². The molecule has 0 radical (unpaired) electrons. The van der Waals surface area contributed by atoms with Gasteiger partial charge in [-0.25, -0.2) is 4.98 Å². The van der Waals surface area contributed by atoms with Crippen molar-refractivity contribution in [3.8, 4) is 11.6 Å². The van der Waals surface area contributed by atoms with Crippen molar-refractivity contribution in [3.05, 3.63) is 94.3 Å². The minimum atomic E-state index is -4.58. The van der Waals surface area contributed by atoms with E-state index in [1.165, 1.54) is 17.0 Å². The number of benzene rings is 2. The maximum Gasteiger partial charge on any atom is 0.416 e. The van der Waals surface area contributed by atoms with Crippen LogP contribution in [0.1, 0.15) is 76.4 Å². The van der Waals surface area contributed by atoms with Crippen molar-refractivity contribution < 1.29 is 51.3 Å². The SMILES string of the molecule is CC1=C(c2ccc(OC3CCN(CCOCCOc4ccc5c(c4)CN(C4CCC(=O)NC4=O)C5=O)CC3)nc2)CC(NC(=O)c2cccc(C(F)(F)F)c2)(N2CCOCC2)C=N1. The Morgan fingerprint density at radius 1 is 0.984 bits per heavy atom. The highest BCUT2D eigenvalue weighted by Crippen LogP contribution is 2.36. The van der Waals surface area contributed by atoms with E-state index in [1.807, 2.05) is 30.0 Å². The first-order valence-electron chi connectivity index (χ1n) is 21.3. The van der Waals surface area contributed by atoms with Crippen molar-refractivity contribution in [2.24, 2.45) is 4.99 Å². The van der Waals surface area contributed by atoms with Gasteiger partial charge < -0.3 is 34.1 Å². The third-order valence-corrected chi connectivity index (χ3v) is 12.2. The van der Waals surface area contributed by atoms with Crippen molar-refractivity contribution in [2.75, 3.05) is 65.8 Å². The molecule has 2 unspecified atom stereocenters. The number of piperidine rings is 2. The van der Waals surface area contributed by atoms with Crippen LogP contribution in [-0.2, 0) is 31.8 Å². The quantitative estimate of drug-likeness (QED) is 0.174. The van der Waals surface area contributed by atoms with Crippen molar-refractivity contribution in [1.29, 1.82) is 0 Å². The maximum atomic E-state index is 13.6. The normalized spacial score (nSPS) is 22.6. The number of halogens is 3. The molecule has 6 heterocycles. The number of rotatable bonds is 14. The summed E-state index contributed by atoms with van der Waals surface area (Å²) in [7, 11) is 0. The molecule has 3 saturated heterocycles. The van der Waals surface area contributed by atoms with Gasteiger partial charge in [-0.05, 0) is 85.4 Å². The number of nitrogens with zero attached hydrogens (tertiary/aromatic N) is 5. The Morgan fingerprint density at radius 3 is 2.54 bits per heavy atom. The van der Waals surface area contributed by atoms with Crippen LogP contribution in [0.5, 0.6) is 11.6 Å². The first-order chi connectivity index (χ1) is 30.3. The predicted molar refractivity (Wildman–Crippen MR) is 223 cm³/mol. The molecule has 2 aromatic carbocycles. The van der Waals surface area contributed by atoms with Gasteiger partial charge in [0.25, 0.3) is 11.8 Å². The fraction of sp³-hybridized carbons (Fsp3) is 0.467. The zero-order valence-electron chi connectivity index (χ0n) is 35.0. The number of aliphatic imine (C=N–C) groups is 1. The maximum absolute atomic E-state index is 13.6. The molecule has 0 bridgehead atoms. The summed E-state index contributed by atoms with van der Waals surface area (Å²) in [6.45, 7) is 7.73. The van der Waals surface area contributed by atoms with Gasteiger partial charge in [-0.15, -0.1) is 0 Å². The molecule has 0 spiro atoms. The number of carbonyl (C=O) groups excluding carboxylic acids is 4. The summed E-state index contributed by atoms with van der Waals surface area (Å²) in [5.74, 6) is -0.511. The third-order valence-electron chi connectivity index (χ3n) is 12.2. The van der Waals surface area contributed by atoms with Gasteiger partial charge in [-0.3, -0.25) is 34.4 Å². The lowest BCUT2D eigenvalue weighted by Crippen LogP contribution is -2.65. The highest BCUT2D eigenvalue weighted by Gasteiger charge is 2.42. The number of imide groups is 1. The van der Waals surface area contributed by atoms with Crippen LogP contribution >= 0.6 is 0 Å². The molecular formula is C45H50F3N7O8. The number of hydrogen-bond donors (Lipinski definition) is 2. The lowest BCUT2D eigenvalue weighted by molar-refractivity contribution is -0.138. The number of ether oxygens (including phenoxy) is 4. The number of pyridine rings is 1. The van der Waals surface area contributed by atoms with Gasteiger partial charge in [0.2, 0.25) is 17.7 Å². The van der Waals surface area contributed by atoms with Crippen molar-refractivity contribution in [1.82, 2.24) is 30.3 Å². The topological polar surface area (TPSA) is 164 Å². The largest absolute Gasteiger partial charge is 0.491 e. The fourth-order valence-electron chi connectivity index (χ4n) is 8.66.